The van der Waals surface area contributed by atoms with Gasteiger partial charge in [-0.25, -0.2) is 4.98 Å². The Bertz CT molecular complexity index is 743. The molecule has 1 unspecified atom stereocenters. The number of anilines is 1. The number of nitrogens with zero attached hydrogens (tertiary/aromatic N) is 2. The standard InChI is InChI=1S/C18H19N3O3S.K.H/c1-21(16-4-2-3-9-19-16)10-11-24-14-7-5-13(6-8-14)12-15-17(22)25-18(23)20-15;;/h2-9,15H,10-12H2,1H3,(H,20,23);;. The molecule has 8 heteroatoms. The second-order valence-electron chi connectivity index (χ2n) is 5.71. The van der Waals surface area contributed by atoms with Gasteiger partial charge in [-0.1, -0.05) is 18.2 Å². The normalized spacial score (nSPS) is 16.0. The first-order valence-corrected chi connectivity index (χ1v) is 8.79. The molecule has 1 saturated heterocycles. The number of benzene rings is 1. The van der Waals surface area contributed by atoms with E-state index in [1.165, 1.54) is 0 Å². The molecule has 1 atom stereocenters. The Kier molecular flexibility index (Phi) is 8.59. The Hall–Kier alpha value is -0.904. The van der Waals surface area contributed by atoms with Crippen LogP contribution < -0.4 is 15.0 Å². The molecule has 1 fully saturated rings. The van der Waals surface area contributed by atoms with Gasteiger partial charge in [-0.2, -0.15) is 0 Å². The molecular weight excluding hydrogens is 377 g/mol. The van der Waals surface area contributed by atoms with Gasteiger partial charge in [0.15, 0.2) is 0 Å². The Morgan fingerprint density at radius 3 is 2.58 bits per heavy atom. The van der Waals surface area contributed by atoms with Crippen molar-refractivity contribution in [1.82, 2.24) is 10.3 Å². The van der Waals surface area contributed by atoms with Gasteiger partial charge in [-0.3, -0.25) is 9.59 Å². The fourth-order valence-electron chi connectivity index (χ4n) is 2.48. The van der Waals surface area contributed by atoms with Gasteiger partial charge in [-0.05, 0) is 29.8 Å². The number of thioether (sulfide) groups is 1. The van der Waals surface area contributed by atoms with Crippen LogP contribution in [0.25, 0.3) is 0 Å². The van der Waals surface area contributed by atoms with E-state index in [2.05, 4.69) is 10.3 Å². The van der Waals surface area contributed by atoms with Crippen molar-refractivity contribution in [1.29, 1.82) is 0 Å². The molecule has 1 aromatic carbocycles. The van der Waals surface area contributed by atoms with Crippen LogP contribution >= 0.6 is 11.8 Å². The summed E-state index contributed by atoms with van der Waals surface area (Å²) in [6, 6.07) is 13.0. The summed E-state index contributed by atoms with van der Waals surface area (Å²) in [5.41, 5.74) is 0.985. The predicted molar refractivity (Wildman–Crippen MR) is 105 cm³/mol. The second-order valence-corrected chi connectivity index (χ2v) is 6.69. The molecule has 1 aromatic heterocycles. The van der Waals surface area contributed by atoms with Gasteiger partial charge in [-0.15, -0.1) is 0 Å². The molecule has 6 nitrogen and oxygen atoms in total. The van der Waals surface area contributed by atoms with E-state index in [1.54, 1.807) is 6.20 Å². The van der Waals surface area contributed by atoms with Gasteiger partial charge in [0, 0.05) is 31.4 Å². The molecule has 1 amide bonds. The number of hydrogen-bond donors (Lipinski definition) is 1. The summed E-state index contributed by atoms with van der Waals surface area (Å²) >= 11 is 0.739. The quantitative estimate of drug-likeness (QED) is 0.719. The maximum absolute atomic E-state index is 11.6. The molecule has 2 aromatic rings. The van der Waals surface area contributed by atoms with E-state index in [1.807, 2.05) is 54.4 Å². The minimum atomic E-state index is -0.434. The third kappa shape index (κ3) is 6.07. The number of aromatic nitrogens is 1. The van der Waals surface area contributed by atoms with Crippen molar-refractivity contribution in [2.75, 3.05) is 25.1 Å². The van der Waals surface area contributed by atoms with Crippen LogP contribution in [0.3, 0.4) is 0 Å². The van der Waals surface area contributed by atoms with Gasteiger partial charge in [0.25, 0.3) is 5.24 Å². The number of nitrogens with one attached hydrogen (secondary N) is 1. The van der Waals surface area contributed by atoms with Gasteiger partial charge >= 0.3 is 51.4 Å². The first kappa shape index (κ1) is 21.4. The number of carbonyl (C=O) groups excluding carboxylic acids is 2. The summed E-state index contributed by atoms with van der Waals surface area (Å²) < 4.78 is 5.75. The Morgan fingerprint density at radius 2 is 1.96 bits per heavy atom. The molecule has 26 heavy (non-hydrogen) atoms. The third-order valence-corrected chi connectivity index (χ3v) is 4.66. The van der Waals surface area contributed by atoms with Gasteiger partial charge in [0.05, 0.1) is 6.54 Å². The van der Waals surface area contributed by atoms with E-state index >= 15 is 0 Å². The van der Waals surface area contributed by atoms with Crippen LogP contribution in [0.1, 0.15) is 5.56 Å². The Balaban J connectivity index is 0.00000243. The molecule has 2 heterocycles. The van der Waals surface area contributed by atoms with Crippen LogP contribution in [0.5, 0.6) is 5.75 Å². The molecule has 0 spiro atoms. The van der Waals surface area contributed by atoms with Crippen molar-refractivity contribution in [2.24, 2.45) is 0 Å². The van der Waals surface area contributed by atoms with Crippen LogP contribution in [0, 0.1) is 0 Å². The molecule has 132 valence electrons. The topological polar surface area (TPSA) is 71.5 Å². The zero-order chi connectivity index (χ0) is 17.6. The van der Waals surface area contributed by atoms with Gasteiger partial charge < -0.3 is 15.0 Å². The molecule has 0 bridgehead atoms. The number of pyridine rings is 1. The molecule has 1 N–H and O–H groups in total. The fraction of sp³-hybridized carbons (Fsp3) is 0.278. The maximum atomic E-state index is 11.6. The second kappa shape index (κ2) is 10.4. The van der Waals surface area contributed by atoms with E-state index in [4.69, 9.17) is 4.74 Å². The first-order valence-electron chi connectivity index (χ1n) is 7.98. The summed E-state index contributed by atoms with van der Waals surface area (Å²) in [5, 5.41) is 2.27. The van der Waals surface area contributed by atoms with Gasteiger partial charge in [0.2, 0.25) is 5.12 Å². The van der Waals surface area contributed by atoms with Crippen LogP contribution in [0.4, 0.5) is 10.6 Å². The summed E-state index contributed by atoms with van der Waals surface area (Å²) in [7, 11) is 1.97. The van der Waals surface area contributed by atoms with Crippen molar-refractivity contribution >= 4 is 79.3 Å². The van der Waals surface area contributed by atoms with Crippen molar-refractivity contribution in [3.63, 3.8) is 0 Å². The number of likely N-dealkylation sites (N-methyl/N-ethyl adjacent to an activating group) is 1. The van der Waals surface area contributed by atoms with E-state index in [0.717, 1.165) is 35.4 Å². The Labute approximate surface area is 199 Å². The molecule has 1 aliphatic heterocycles. The van der Waals surface area contributed by atoms with Gasteiger partial charge in [0.1, 0.15) is 24.2 Å². The molecule has 1 aliphatic rings. The van der Waals surface area contributed by atoms with Crippen molar-refractivity contribution in [3.8, 4) is 5.75 Å². The summed E-state index contributed by atoms with van der Waals surface area (Å²) in [4.78, 5) is 29.1. The average Bonchev–Trinajstić information content (AvgIpc) is 2.94. The van der Waals surface area contributed by atoms with E-state index in [9.17, 15) is 9.59 Å². The number of carbonyl (C=O) groups is 2. The third-order valence-electron chi connectivity index (χ3n) is 3.87. The zero-order valence-corrected chi connectivity index (χ0v) is 14.7. The summed E-state index contributed by atoms with van der Waals surface area (Å²) in [5.74, 6) is 1.68. The minimum absolute atomic E-state index is 0. The molecule has 0 aliphatic carbocycles. The molecule has 0 radical (unpaired) electrons. The average molecular weight is 398 g/mol. The molecule has 0 saturated carbocycles. The number of hydrogen-bond acceptors (Lipinski definition) is 6. The van der Waals surface area contributed by atoms with Crippen LogP contribution in [-0.2, 0) is 11.2 Å². The number of rotatable bonds is 7. The molecular formula is C18H20KN3O3S. The zero-order valence-electron chi connectivity index (χ0n) is 13.8. The van der Waals surface area contributed by atoms with Crippen molar-refractivity contribution < 1.29 is 14.3 Å². The summed E-state index contributed by atoms with van der Waals surface area (Å²) in [6.07, 6.45) is 2.27. The monoisotopic (exact) mass is 397 g/mol. The SMILES string of the molecule is CN(CCOc1ccc(CC2NC(=O)SC2=O)cc1)c1ccccn1.[KH]. The van der Waals surface area contributed by atoms with E-state index < -0.39 is 6.04 Å². The van der Waals surface area contributed by atoms with Crippen LogP contribution in [-0.4, -0.2) is 93.0 Å². The summed E-state index contributed by atoms with van der Waals surface area (Å²) in [6.45, 7) is 1.26. The molecule has 3 rings (SSSR count). The van der Waals surface area contributed by atoms with Crippen LogP contribution in [0.2, 0.25) is 0 Å². The number of ether oxygens (including phenoxy) is 1. The number of amides is 1. The Morgan fingerprint density at radius 1 is 1.19 bits per heavy atom. The van der Waals surface area contributed by atoms with Crippen LogP contribution in [0.15, 0.2) is 48.7 Å². The van der Waals surface area contributed by atoms with Crippen molar-refractivity contribution in [2.45, 2.75) is 12.5 Å². The van der Waals surface area contributed by atoms with Crippen molar-refractivity contribution in [3.05, 3.63) is 54.2 Å². The van der Waals surface area contributed by atoms with E-state index in [-0.39, 0.29) is 61.7 Å². The van der Waals surface area contributed by atoms with E-state index in [0.29, 0.717) is 13.0 Å². The fourth-order valence-corrected chi connectivity index (χ4v) is 3.15. The first-order chi connectivity index (χ1) is 12.1. The predicted octanol–water partition coefficient (Wildman–Crippen LogP) is 1.84.